The topological polar surface area (TPSA) is 53.4 Å². The van der Waals surface area contributed by atoms with Crippen LogP contribution in [0.2, 0.25) is 0 Å². The fourth-order valence-electron chi connectivity index (χ4n) is 3.69. The zero-order valence-electron chi connectivity index (χ0n) is 16.8. The van der Waals surface area contributed by atoms with E-state index in [4.69, 9.17) is 0 Å². The van der Waals surface area contributed by atoms with Crippen LogP contribution >= 0.6 is 0 Å². The molecule has 3 aromatic rings. The van der Waals surface area contributed by atoms with Gasteiger partial charge in [0.15, 0.2) is 0 Å². The van der Waals surface area contributed by atoms with Crippen LogP contribution in [0.15, 0.2) is 66.7 Å². The Labute approximate surface area is 171 Å². The quantitative estimate of drug-likeness (QED) is 0.704. The first-order valence-corrected chi connectivity index (χ1v) is 10.1. The van der Waals surface area contributed by atoms with Crippen molar-refractivity contribution < 1.29 is 4.79 Å². The summed E-state index contributed by atoms with van der Waals surface area (Å²) < 4.78 is 1.88. The van der Waals surface area contributed by atoms with Gasteiger partial charge in [-0.3, -0.25) is 9.69 Å². The van der Waals surface area contributed by atoms with Gasteiger partial charge in [-0.2, -0.15) is 5.10 Å². The molecular weight excluding hydrogens is 362 g/mol. The van der Waals surface area contributed by atoms with Crippen molar-refractivity contribution in [2.24, 2.45) is 0 Å². The molecule has 0 radical (unpaired) electrons. The third kappa shape index (κ3) is 4.84. The minimum atomic E-state index is 0.00759. The first-order chi connectivity index (χ1) is 14.2. The number of para-hydroxylation sites is 2. The normalized spacial score (nSPS) is 14.7. The zero-order chi connectivity index (χ0) is 20.1. The van der Waals surface area contributed by atoms with Gasteiger partial charge in [0.25, 0.3) is 0 Å². The minimum Gasteiger partial charge on any atom is -0.369 e. The summed E-state index contributed by atoms with van der Waals surface area (Å²) >= 11 is 0. The molecule has 2 aromatic carbocycles. The molecule has 2 heterocycles. The third-order valence-electron chi connectivity index (χ3n) is 5.27. The molecule has 150 valence electrons. The van der Waals surface area contributed by atoms with E-state index in [0.717, 1.165) is 43.3 Å². The van der Waals surface area contributed by atoms with Crippen molar-refractivity contribution in [1.29, 1.82) is 0 Å². The van der Waals surface area contributed by atoms with Gasteiger partial charge in [0, 0.05) is 37.6 Å². The van der Waals surface area contributed by atoms with E-state index < -0.39 is 0 Å². The van der Waals surface area contributed by atoms with E-state index in [1.807, 2.05) is 54.1 Å². The Morgan fingerprint density at radius 3 is 2.21 bits per heavy atom. The van der Waals surface area contributed by atoms with E-state index >= 15 is 0 Å². The largest absolute Gasteiger partial charge is 0.369 e. The second kappa shape index (κ2) is 8.92. The lowest BCUT2D eigenvalue weighted by molar-refractivity contribution is -0.121. The number of hydrogen-bond donors (Lipinski definition) is 1. The predicted octanol–water partition coefficient (Wildman–Crippen LogP) is 2.62. The summed E-state index contributed by atoms with van der Waals surface area (Å²) in [5, 5.41) is 7.64. The van der Waals surface area contributed by atoms with E-state index in [2.05, 4.69) is 44.5 Å². The number of nitrogens with zero attached hydrogens (tertiary/aromatic N) is 4. The fraction of sp³-hybridized carbons (Fsp3) is 0.304. The van der Waals surface area contributed by atoms with Gasteiger partial charge < -0.3 is 10.2 Å². The lowest BCUT2D eigenvalue weighted by Crippen LogP contribution is -2.50. The van der Waals surface area contributed by atoms with Gasteiger partial charge in [-0.15, -0.1) is 0 Å². The van der Waals surface area contributed by atoms with Crippen LogP contribution in [0.3, 0.4) is 0 Å². The number of aromatic nitrogens is 2. The highest BCUT2D eigenvalue weighted by Crippen LogP contribution is 2.15. The molecule has 1 fully saturated rings. The Morgan fingerprint density at radius 2 is 1.55 bits per heavy atom. The fourth-order valence-corrected chi connectivity index (χ4v) is 3.69. The summed E-state index contributed by atoms with van der Waals surface area (Å²) in [5.41, 5.74) is 4.09. The molecule has 1 amide bonds. The number of carbonyl (C=O) groups is 1. The number of nitrogens with one attached hydrogen (secondary N) is 1. The van der Waals surface area contributed by atoms with E-state index in [0.29, 0.717) is 13.1 Å². The molecule has 1 aromatic heterocycles. The summed E-state index contributed by atoms with van der Waals surface area (Å²) in [4.78, 5) is 17.1. The van der Waals surface area contributed by atoms with E-state index in [1.165, 1.54) is 5.69 Å². The smallest absolute Gasteiger partial charge is 0.227 e. The molecule has 1 saturated heterocycles. The number of anilines is 1. The number of aryl methyl sites for hydroxylation is 1. The average Bonchev–Trinajstić information content (AvgIpc) is 3.14. The third-order valence-corrected chi connectivity index (χ3v) is 5.27. The molecule has 0 atom stereocenters. The average molecular weight is 390 g/mol. The van der Waals surface area contributed by atoms with Crippen LogP contribution in [0.5, 0.6) is 0 Å². The molecule has 0 saturated carbocycles. The number of piperazine rings is 1. The number of carbonyl (C=O) groups excluding carboxylic acids is 1. The van der Waals surface area contributed by atoms with Crippen molar-refractivity contribution >= 4 is 11.6 Å². The van der Waals surface area contributed by atoms with Crippen molar-refractivity contribution in [3.63, 3.8) is 0 Å². The van der Waals surface area contributed by atoms with E-state index in [9.17, 15) is 4.79 Å². The molecule has 29 heavy (non-hydrogen) atoms. The molecule has 1 N–H and O–H groups in total. The number of benzene rings is 2. The Kier molecular flexibility index (Phi) is 5.91. The van der Waals surface area contributed by atoms with Crippen molar-refractivity contribution in [3.05, 3.63) is 78.1 Å². The van der Waals surface area contributed by atoms with E-state index in [1.54, 1.807) is 0 Å². The second-order valence-corrected chi connectivity index (χ2v) is 7.40. The van der Waals surface area contributed by atoms with Crippen molar-refractivity contribution in [1.82, 2.24) is 20.0 Å². The lowest BCUT2D eigenvalue weighted by atomic mass is 10.2. The molecule has 0 unspecified atom stereocenters. The molecule has 6 heteroatoms. The van der Waals surface area contributed by atoms with Crippen LogP contribution in [-0.4, -0.2) is 53.4 Å². The number of hydrogen-bond acceptors (Lipinski definition) is 4. The summed E-state index contributed by atoms with van der Waals surface area (Å²) in [6.45, 7) is 6.42. The van der Waals surface area contributed by atoms with Crippen molar-refractivity contribution in [2.75, 3.05) is 37.7 Å². The Balaban J connectivity index is 1.25. The van der Waals surface area contributed by atoms with Gasteiger partial charge in [-0.05, 0) is 37.3 Å². The monoisotopic (exact) mass is 389 g/mol. The van der Waals surface area contributed by atoms with Crippen LogP contribution in [0.4, 0.5) is 5.69 Å². The highest BCUT2D eigenvalue weighted by atomic mass is 16.1. The van der Waals surface area contributed by atoms with Gasteiger partial charge in [0.1, 0.15) is 0 Å². The lowest BCUT2D eigenvalue weighted by Gasteiger charge is -2.36. The van der Waals surface area contributed by atoms with Gasteiger partial charge in [-0.1, -0.05) is 36.4 Å². The molecule has 0 spiro atoms. The minimum absolute atomic E-state index is 0.00759. The maximum atomic E-state index is 12.4. The molecule has 4 rings (SSSR count). The summed E-state index contributed by atoms with van der Waals surface area (Å²) in [6, 6.07) is 22.4. The molecule has 0 bridgehead atoms. The molecule has 1 aliphatic rings. The van der Waals surface area contributed by atoms with Crippen molar-refractivity contribution in [3.8, 4) is 5.69 Å². The highest BCUT2D eigenvalue weighted by molar-refractivity contribution is 5.78. The SMILES string of the molecule is Cc1cc(CC(=O)NCN2CCN(c3ccccc3)CC2)nn1-c1ccccc1. The zero-order valence-corrected chi connectivity index (χ0v) is 16.8. The molecule has 0 aliphatic carbocycles. The first kappa shape index (κ1) is 19.2. The van der Waals surface area contributed by atoms with Gasteiger partial charge in [0.05, 0.1) is 24.5 Å². The van der Waals surface area contributed by atoms with Gasteiger partial charge in [-0.25, -0.2) is 4.68 Å². The first-order valence-electron chi connectivity index (χ1n) is 10.1. The van der Waals surface area contributed by atoms with Crippen LogP contribution in [0.25, 0.3) is 5.69 Å². The van der Waals surface area contributed by atoms with Crippen LogP contribution < -0.4 is 10.2 Å². The van der Waals surface area contributed by atoms with E-state index in [-0.39, 0.29) is 5.91 Å². The summed E-state index contributed by atoms with van der Waals surface area (Å²) in [5.74, 6) is 0.00759. The maximum absolute atomic E-state index is 12.4. The molecular formula is C23H27N5O. The van der Waals surface area contributed by atoms with Crippen LogP contribution in [0.1, 0.15) is 11.4 Å². The van der Waals surface area contributed by atoms with Crippen LogP contribution in [0, 0.1) is 6.92 Å². The Morgan fingerprint density at radius 1 is 0.931 bits per heavy atom. The molecule has 6 nitrogen and oxygen atoms in total. The van der Waals surface area contributed by atoms with Gasteiger partial charge >= 0.3 is 0 Å². The second-order valence-electron chi connectivity index (χ2n) is 7.40. The highest BCUT2D eigenvalue weighted by Gasteiger charge is 2.18. The van der Waals surface area contributed by atoms with Crippen LogP contribution in [-0.2, 0) is 11.2 Å². The van der Waals surface area contributed by atoms with Gasteiger partial charge in [0.2, 0.25) is 5.91 Å². The summed E-state index contributed by atoms with van der Waals surface area (Å²) in [6.07, 6.45) is 0.296. The number of rotatable bonds is 6. The Hall–Kier alpha value is -3.12. The summed E-state index contributed by atoms with van der Waals surface area (Å²) in [7, 11) is 0. The number of amides is 1. The predicted molar refractivity (Wildman–Crippen MR) is 115 cm³/mol. The van der Waals surface area contributed by atoms with Crippen molar-refractivity contribution in [2.45, 2.75) is 13.3 Å². The maximum Gasteiger partial charge on any atom is 0.227 e. The standard InChI is InChI=1S/C23H27N5O/c1-19-16-20(25-28(19)22-10-6-3-7-11-22)17-23(29)24-18-26-12-14-27(15-13-26)21-8-4-2-5-9-21/h2-11,16H,12-15,17-18H2,1H3,(H,24,29). The Bertz CT molecular complexity index is 930. The molecule has 1 aliphatic heterocycles.